The highest BCUT2D eigenvalue weighted by Gasteiger charge is 2.21. The van der Waals surface area contributed by atoms with Gasteiger partial charge in [0.05, 0.1) is 0 Å². The van der Waals surface area contributed by atoms with Gasteiger partial charge in [-0.15, -0.1) is 0 Å². The lowest BCUT2D eigenvalue weighted by Gasteiger charge is -2.26. The topological polar surface area (TPSA) is 78.5 Å². The number of carbonyl (C=O) groups excluding carboxylic acids is 3. The predicted octanol–water partition coefficient (Wildman–Crippen LogP) is 4.44. The van der Waals surface area contributed by atoms with E-state index >= 15 is 0 Å². The summed E-state index contributed by atoms with van der Waals surface area (Å²) in [4.78, 5) is 38.5. The molecule has 2 N–H and O–H groups in total. The molecule has 152 valence electrons. The third-order valence-corrected chi connectivity index (χ3v) is 4.82. The second kappa shape index (κ2) is 8.47. The zero-order valence-electron chi connectivity index (χ0n) is 17.1. The zero-order valence-corrected chi connectivity index (χ0v) is 17.1. The van der Waals surface area contributed by atoms with Gasteiger partial charge >= 0.3 is 0 Å². The molecule has 2 aromatic rings. The van der Waals surface area contributed by atoms with Gasteiger partial charge in [-0.2, -0.15) is 0 Å². The maximum absolute atomic E-state index is 12.6. The van der Waals surface area contributed by atoms with Crippen molar-refractivity contribution in [2.75, 3.05) is 22.1 Å². The van der Waals surface area contributed by atoms with Crippen LogP contribution in [0.15, 0.2) is 48.5 Å². The third kappa shape index (κ3) is 5.22. The molecular weight excluding hydrogens is 366 g/mol. The SMILES string of the molecule is CC(C)(C)C(=O)Nc1cccc(NC(=O)c2ccc(N3CCCCC3=O)cc2)c1. The lowest BCUT2D eigenvalue weighted by Crippen LogP contribution is -2.35. The molecule has 1 heterocycles. The van der Waals surface area contributed by atoms with E-state index < -0.39 is 5.41 Å². The first kappa shape index (κ1) is 20.6. The van der Waals surface area contributed by atoms with Gasteiger partial charge in [-0.3, -0.25) is 14.4 Å². The van der Waals surface area contributed by atoms with Crippen molar-refractivity contribution in [3.05, 3.63) is 54.1 Å². The van der Waals surface area contributed by atoms with Gasteiger partial charge in [-0.05, 0) is 55.3 Å². The first-order valence-electron chi connectivity index (χ1n) is 9.87. The molecular formula is C23H27N3O3. The van der Waals surface area contributed by atoms with Gasteiger partial charge in [0.1, 0.15) is 0 Å². The fourth-order valence-electron chi connectivity index (χ4n) is 3.07. The van der Waals surface area contributed by atoms with Crippen molar-refractivity contribution in [2.45, 2.75) is 40.0 Å². The van der Waals surface area contributed by atoms with Crippen molar-refractivity contribution in [2.24, 2.45) is 5.41 Å². The molecule has 1 saturated heterocycles. The monoisotopic (exact) mass is 393 g/mol. The van der Waals surface area contributed by atoms with Crippen LogP contribution in [0.5, 0.6) is 0 Å². The predicted molar refractivity (Wildman–Crippen MR) is 115 cm³/mol. The van der Waals surface area contributed by atoms with E-state index in [2.05, 4.69) is 10.6 Å². The van der Waals surface area contributed by atoms with Crippen LogP contribution < -0.4 is 15.5 Å². The maximum atomic E-state index is 12.6. The Hall–Kier alpha value is -3.15. The molecule has 29 heavy (non-hydrogen) atoms. The molecule has 2 aromatic carbocycles. The zero-order chi connectivity index (χ0) is 21.0. The second-order valence-corrected chi connectivity index (χ2v) is 8.29. The van der Waals surface area contributed by atoms with E-state index in [9.17, 15) is 14.4 Å². The molecule has 0 aromatic heterocycles. The number of anilines is 3. The van der Waals surface area contributed by atoms with Crippen LogP contribution in [-0.2, 0) is 9.59 Å². The van der Waals surface area contributed by atoms with Gasteiger partial charge in [0.25, 0.3) is 5.91 Å². The third-order valence-electron chi connectivity index (χ3n) is 4.82. The Morgan fingerprint density at radius 3 is 2.21 bits per heavy atom. The fourth-order valence-corrected chi connectivity index (χ4v) is 3.07. The summed E-state index contributed by atoms with van der Waals surface area (Å²) in [5, 5.41) is 5.70. The Balaban J connectivity index is 1.66. The molecule has 0 spiro atoms. The smallest absolute Gasteiger partial charge is 0.255 e. The van der Waals surface area contributed by atoms with E-state index in [4.69, 9.17) is 0 Å². The summed E-state index contributed by atoms with van der Waals surface area (Å²) in [6.45, 7) is 6.25. The van der Waals surface area contributed by atoms with Gasteiger partial charge in [0.15, 0.2) is 0 Å². The minimum atomic E-state index is -0.503. The van der Waals surface area contributed by atoms with E-state index in [1.807, 2.05) is 20.8 Å². The van der Waals surface area contributed by atoms with Crippen LogP contribution in [0.1, 0.15) is 50.4 Å². The van der Waals surface area contributed by atoms with Crippen LogP contribution in [0.2, 0.25) is 0 Å². The number of nitrogens with one attached hydrogen (secondary N) is 2. The van der Waals surface area contributed by atoms with Gasteiger partial charge in [0.2, 0.25) is 11.8 Å². The lowest BCUT2D eigenvalue weighted by atomic mass is 9.95. The molecule has 1 aliphatic heterocycles. The van der Waals surface area contributed by atoms with Gasteiger partial charge < -0.3 is 15.5 Å². The summed E-state index contributed by atoms with van der Waals surface area (Å²) >= 11 is 0. The average Bonchev–Trinajstić information content (AvgIpc) is 2.68. The fraction of sp³-hybridized carbons (Fsp3) is 0.348. The number of carbonyl (C=O) groups is 3. The van der Waals surface area contributed by atoms with Crippen molar-refractivity contribution in [3.63, 3.8) is 0 Å². The molecule has 1 fully saturated rings. The molecule has 0 radical (unpaired) electrons. The number of benzene rings is 2. The maximum Gasteiger partial charge on any atom is 0.255 e. The van der Waals surface area contributed by atoms with Gasteiger partial charge in [-0.1, -0.05) is 26.8 Å². The van der Waals surface area contributed by atoms with Crippen molar-refractivity contribution in [3.8, 4) is 0 Å². The number of piperidine rings is 1. The van der Waals surface area contributed by atoms with E-state index in [1.54, 1.807) is 53.4 Å². The molecule has 0 bridgehead atoms. The summed E-state index contributed by atoms with van der Waals surface area (Å²) in [6, 6.07) is 14.1. The van der Waals surface area contributed by atoms with E-state index in [0.717, 1.165) is 25.1 Å². The van der Waals surface area contributed by atoms with Crippen LogP contribution in [0.25, 0.3) is 0 Å². The number of hydrogen-bond acceptors (Lipinski definition) is 3. The van der Waals surface area contributed by atoms with Crippen LogP contribution in [0.4, 0.5) is 17.1 Å². The first-order chi connectivity index (χ1) is 13.7. The molecule has 0 unspecified atom stereocenters. The van der Waals surface area contributed by atoms with Crippen LogP contribution in [0, 0.1) is 5.41 Å². The van der Waals surface area contributed by atoms with Crippen molar-refractivity contribution >= 4 is 34.8 Å². The standard InChI is InChI=1S/C23H27N3O3/c1-23(2,3)22(29)25-18-8-6-7-17(15-18)24-21(28)16-10-12-19(13-11-16)26-14-5-4-9-20(26)27/h6-8,10-13,15H,4-5,9,14H2,1-3H3,(H,24,28)(H,25,29). The van der Waals surface area contributed by atoms with E-state index in [0.29, 0.717) is 23.4 Å². The first-order valence-corrected chi connectivity index (χ1v) is 9.87. The Bertz CT molecular complexity index is 914. The number of amides is 3. The molecule has 0 atom stereocenters. The minimum Gasteiger partial charge on any atom is -0.326 e. The van der Waals surface area contributed by atoms with Crippen LogP contribution in [0.3, 0.4) is 0 Å². The lowest BCUT2D eigenvalue weighted by molar-refractivity contribution is -0.123. The van der Waals surface area contributed by atoms with Crippen molar-refractivity contribution in [1.29, 1.82) is 0 Å². The van der Waals surface area contributed by atoms with Gasteiger partial charge in [0, 0.05) is 41.0 Å². The summed E-state index contributed by atoms with van der Waals surface area (Å²) in [7, 11) is 0. The molecule has 0 aliphatic carbocycles. The van der Waals surface area contributed by atoms with Crippen molar-refractivity contribution in [1.82, 2.24) is 0 Å². The Labute approximate surface area is 171 Å². The van der Waals surface area contributed by atoms with E-state index in [-0.39, 0.29) is 17.7 Å². The number of nitrogens with zero attached hydrogens (tertiary/aromatic N) is 1. The van der Waals surface area contributed by atoms with Crippen LogP contribution in [-0.4, -0.2) is 24.3 Å². The number of hydrogen-bond donors (Lipinski definition) is 2. The van der Waals surface area contributed by atoms with Gasteiger partial charge in [-0.25, -0.2) is 0 Å². The minimum absolute atomic E-state index is 0.0937. The molecule has 3 rings (SSSR count). The molecule has 3 amide bonds. The number of rotatable bonds is 4. The quantitative estimate of drug-likeness (QED) is 0.806. The highest BCUT2D eigenvalue weighted by atomic mass is 16.2. The van der Waals surface area contributed by atoms with Crippen molar-refractivity contribution < 1.29 is 14.4 Å². The Morgan fingerprint density at radius 1 is 0.931 bits per heavy atom. The molecule has 1 aliphatic rings. The van der Waals surface area contributed by atoms with E-state index in [1.165, 1.54) is 0 Å². The summed E-state index contributed by atoms with van der Waals surface area (Å²) in [6.07, 6.45) is 2.51. The highest BCUT2D eigenvalue weighted by Crippen LogP contribution is 2.23. The Kier molecular flexibility index (Phi) is 6.01. The highest BCUT2D eigenvalue weighted by molar-refractivity contribution is 6.05. The second-order valence-electron chi connectivity index (χ2n) is 8.29. The molecule has 0 saturated carbocycles. The molecule has 6 nitrogen and oxygen atoms in total. The summed E-state index contributed by atoms with van der Waals surface area (Å²) in [5.74, 6) is -0.216. The molecule has 6 heteroatoms. The summed E-state index contributed by atoms with van der Waals surface area (Å²) < 4.78 is 0. The van der Waals surface area contributed by atoms with Crippen LogP contribution >= 0.6 is 0 Å². The normalized spacial score (nSPS) is 14.4. The average molecular weight is 393 g/mol. The summed E-state index contributed by atoms with van der Waals surface area (Å²) in [5.41, 5.74) is 2.04. The largest absolute Gasteiger partial charge is 0.326 e. The Morgan fingerprint density at radius 2 is 1.59 bits per heavy atom.